The fourth-order valence-electron chi connectivity index (χ4n) is 3.76. The molecule has 0 amide bonds. The molecule has 1 aliphatic heterocycles. The lowest BCUT2D eigenvalue weighted by molar-refractivity contribution is -0.0423. The number of benzene rings is 2. The predicted molar refractivity (Wildman–Crippen MR) is 117 cm³/mol. The van der Waals surface area contributed by atoms with Crippen molar-refractivity contribution < 1.29 is 4.74 Å². The van der Waals surface area contributed by atoms with Crippen LogP contribution in [-0.4, -0.2) is 23.4 Å². The second-order valence-electron chi connectivity index (χ2n) is 7.33. The molecule has 150 valence electrons. The van der Waals surface area contributed by atoms with Crippen LogP contribution in [0.25, 0.3) is 11.1 Å². The average Bonchev–Trinajstić information content (AvgIpc) is 2.75. The number of hydrogen-bond acceptors (Lipinski definition) is 4. The lowest BCUT2D eigenvalue weighted by Crippen LogP contribution is -2.31. The zero-order chi connectivity index (χ0) is 20.4. The highest BCUT2D eigenvalue weighted by Crippen LogP contribution is 2.30. The van der Waals surface area contributed by atoms with Gasteiger partial charge in [-0.25, -0.2) is 4.68 Å². The van der Waals surface area contributed by atoms with Crippen LogP contribution in [0.4, 0.5) is 11.4 Å². The van der Waals surface area contributed by atoms with Crippen molar-refractivity contribution in [2.24, 2.45) is 0 Å². The summed E-state index contributed by atoms with van der Waals surface area (Å²) in [5.41, 5.74) is 4.38. The quantitative estimate of drug-likeness (QED) is 0.583. The smallest absolute Gasteiger partial charge is 0.278 e. The van der Waals surface area contributed by atoms with Crippen molar-refractivity contribution in [2.45, 2.75) is 32.4 Å². The third kappa shape index (κ3) is 3.93. The first-order valence-electron chi connectivity index (χ1n) is 9.85. The van der Waals surface area contributed by atoms with Crippen LogP contribution >= 0.6 is 11.6 Å². The molecular formula is C23H24ClN3O2. The molecule has 2 heterocycles. The highest BCUT2D eigenvalue weighted by Gasteiger charge is 2.21. The summed E-state index contributed by atoms with van der Waals surface area (Å²) in [4.78, 5) is 15.2. The van der Waals surface area contributed by atoms with E-state index in [1.807, 2.05) is 43.4 Å². The van der Waals surface area contributed by atoms with E-state index in [4.69, 9.17) is 16.3 Å². The molecule has 6 heteroatoms. The zero-order valence-corrected chi connectivity index (χ0v) is 17.4. The van der Waals surface area contributed by atoms with Crippen molar-refractivity contribution in [2.75, 3.05) is 18.6 Å². The van der Waals surface area contributed by atoms with Crippen LogP contribution in [0.3, 0.4) is 0 Å². The molecule has 3 aromatic rings. The molecule has 0 aliphatic carbocycles. The predicted octanol–water partition coefficient (Wildman–Crippen LogP) is 5.34. The van der Waals surface area contributed by atoms with E-state index in [2.05, 4.69) is 29.1 Å². The number of hydrogen-bond donors (Lipinski definition) is 0. The van der Waals surface area contributed by atoms with E-state index in [0.717, 1.165) is 36.2 Å². The topological polar surface area (TPSA) is 47.4 Å². The maximum absolute atomic E-state index is 13.1. The van der Waals surface area contributed by atoms with Crippen LogP contribution in [0.1, 0.15) is 31.1 Å². The Morgan fingerprint density at radius 3 is 2.59 bits per heavy atom. The minimum Gasteiger partial charge on any atom is -0.356 e. The Labute approximate surface area is 175 Å². The molecule has 1 atom stereocenters. The molecular weight excluding hydrogens is 386 g/mol. The third-order valence-electron chi connectivity index (χ3n) is 5.40. The van der Waals surface area contributed by atoms with Crippen LogP contribution in [-0.2, 0) is 4.74 Å². The van der Waals surface area contributed by atoms with Crippen LogP contribution in [0.15, 0.2) is 59.5 Å². The fraction of sp³-hybridized carbons (Fsp3) is 0.304. The van der Waals surface area contributed by atoms with Crippen molar-refractivity contribution in [1.29, 1.82) is 0 Å². The van der Waals surface area contributed by atoms with Gasteiger partial charge < -0.3 is 9.64 Å². The van der Waals surface area contributed by atoms with Gasteiger partial charge in [-0.3, -0.25) is 4.79 Å². The van der Waals surface area contributed by atoms with E-state index in [0.29, 0.717) is 17.2 Å². The second-order valence-corrected chi connectivity index (χ2v) is 7.74. The van der Waals surface area contributed by atoms with E-state index < -0.39 is 0 Å². The minimum atomic E-state index is -0.321. The van der Waals surface area contributed by atoms with Gasteiger partial charge in [-0.15, -0.1) is 0 Å². The van der Waals surface area contributed by atoms with E-state index in [-0.39, 0.29) is 11.8 Å². The summed E-state index contributed by atoms with van der Waals surface area (Å²) in [6, 6.07) is 16.1. The molecule has 5 nitrogen and oxygen atoms in total. The van der Waals surface area contributed by atoms with Gasteiger partial charge in [0.15, 0.2) is 6.23 Å². The SMILES string of the molecule is Cc1ccccc1N(C)c1ccc(-c2c(Cl)cnn(C3CCCCO3)c2=O)cc1. The Kier molecular flexibility index (Phi) is 5.69. The molecule has 1 fully saturated rings. The number of anilines is 2. The Balaban J connectivity index is 1.67. The Bertz CT molecular complexity index is 1060. The number of halogens is 1. The number of ether oxygens (including phenoxy) is 1. The van der Waals surface area contributed by atoms with Crippen molar-refractivity contribution in [3.63, 3.8) is 0 Å². The normalized spacial score (nSPS) is 16.6. The molecule has 0 radical (unpaired) electrons. The molecule has 0 bridgehead atoms. The number of aryl methyl sites for hydroxylation is 1. The lowest BCUT2D eigenvalue weighted by Gasteiger charge is -2.24. The van der Waals surface area contributed by atoms with Gasteiger partial charge in [0.2, 0.25) is 0 Å². The van der Waals surface area contributed by atoms with Crippen LogP contribution in [0.5, 0.6) is 0 Å². The average molecular weight is 410 g/mol. The highest BCUT2D eigenvalue weighted by molar-refractivity contribution is 6.33. The molecule has 4 rings (SSSR count). The molecule has 1 aliphatic rings. The number of nitrogens with zero attached hydrogens (tertiary/aromatic N) is 3. The van der Waals surface area contributed by atoms with E-state index in [1.54, 1.807) is 0 Å². The Hall–Kier alpha value is -2.63. The summed E-state index contributed by atoms with van der Waals surface area (Å²) in [7, 11) is 2.03. The van der Waals surface area contributed by atoms with Crippen LogP contribution in [0, 0.1) is 6.92 Å². The van der Waals surface area contributed by atoms with Gasteiger partial charge in [0, 0.05) is 25.0 Å². The molecule has 0 spiro atoms. The molecule has 0 saturated carbocycles. The molecule has 29 heavy (non-hydrogen) atoms. The Morgan fingerprint density at radius 2 is 1.90 bits per heavy atom. The summed E-state index contributed by atoms with van der Waals surface area (Å²) in [5, 5.41) is 4.57. The summed E-state index contributed by atoms with van der Waals surface area (Å²) >= 11 is 6.37. The largest absolute Gasteiger partial charge is 0.356 e. The summed E-state index contributed by atoms with van der Waals surface area (Å²) in [6.45, 7) is 2.74. The second kappa shape index (κ2) is 8.39. The fourth-order valence-corrected chi connectivity index (χ4v) is 3.99. The van der Waals surface area contributed by atoms with Gasteiger partial charge in [-0.2, -0.15) is 5.10 Å². The van der Waals surface area contributed by atoms with Gasteiger partial charge in [-0.05, 0) is 55.5 Å². The summed E-state index contributed by atoms with van der Waals surface area (Å²) in [6.07, 6.45) is 4.04. The van der Waals surface area contributed by atoms with E-state index in [1.165, 1.54) is 16.4 Å². The van der Waals surface area contributed by atoms with Crippen molar-refractivity contribution in [3.05, 3.63) is 75.7 Å². The highest BCUT2D eigenvalue weighted by atomic mass is 35.5. The van der Waals surface area contributed by atoms with Crippen molar-refractivity contribution >= 4 is 23.0 Å². The van der Waals surface area contributed by atoms with Crippen molar-refractivity contribution in [3.8, 4) is 11.1 Å². The van der Waals surface area contributed by atoms with Gasteiger partial charge >= 0.3 is 0 Å². The number of aromatic nitrogens is 2. The first kappa shape index (κ1) is 19.7. The molecule has 2 aromatic carbocycles. The lowest BCUT2D eigenvalue weighted by atomic mass is 10.1. The van der Waals surface area contributed by atoms with Crippen LogP contribution in [0.2, 0.25) is 5.02 Å². The van der Waals surface area contributed by atoms with Gasteiger partial charge in [0.05, 0.1) is 16.8 Å². The maximum Gasteiger partial charge on any atom is 0.278 e. The minimum absolute atomic E-state index is 0.218. The summed E-state index contributed by atoms with van der Waals surface area (Å²) < 4.78 is 7.16. The Morgan fingerprint density at radius 1 is 1.14 bits per heavy atom. The molecule has 0 N–H and O–H groups in total. The monoisotopic (exact) mass is 409 g/mol. The van der Waals surface area contributed by atoms with E-state index >= 15 is 0 Å². The van der Waals surface area contributed by atoms with Gasteiger partial charge in [-0.1, -0.05) is 41.9 Å². The first-order valence-corrected chi connectivity index (χ1v) is 10.2. The van der Waals surface area contributed by atoms with Gasteiger partial charge in [0.25, 0.3) is 5.56 Å². The molecule has 1 unspecified atom stereocenters. The standard InChI is InChI=1S/C23H24ClN3O2/c1-16-7-3-4-8-20(16)26(2)18-12-10-17(11-13-18)22-19(24)15-25-27(23(22)28)21-9-5-6-14-29-21/h3-4,7-8,10-13,15,21H,5-6,9,14H2,1-2H3. The first-order chi connectivity index (χ1) is 14.1. The van der Waals surface area contributed by atoms with Gasteiger partial charge in [0.1, 0.15) is 0 Å². The van der Waals surface area contributed by atoms with Crippen LogP contribution < -0.4 is 10.5 Å². The maximum atomic E-state index is 13.1. The summed E-state index contributed by atoms with van der Waals surface area (Å²) in [5.74, 6) is 0. The molecule has 1 saturated heterocycles. The van der Waals surface area contributed by atoms with Crippen molar-refractivity contribution in [1.82, 2.24) is 9.78 Å². The van der Waals surface area contributed by atoms with E-state index in [9.17, 15) is 4.79 Å². The molecule has 1 aromatic heterocycles. The number of rotatable bonds is 4. The zero-order valence-electron chi connectivity index (χ0n) is 16.6. The number of para-hydroxylation sites is 1. The third-order valence-corrected chi connectivity index (χ3v) is 5.69.